The predicted molar refractivity (Wildman–Crippen MR) is 245 cm³/mol. The molecule has 2 nitrogen and oxygen atoms in total. The number of para-hydroxylation sites is 2. The molecule has 5 atom stereocenters. The molecule has 0 N–H and O–H groups in total. The van der Waals surface area contributed by atoms with Crippen LogP contribution >= 0.6 is 0 Å². The van der Waals surface area contributed by atoms with Crippen molar-refractivity contribution < 1.29 is 0 Å². The number of hydrogen-bond donors (Lipinski definition) is 0. The van der Waals surface area contributed by atoms with E-state index in [1.165, 1.54) is 135 Å². The maximum absolute atomic E-state index is 2.70. The standard InChI is InChI=1S/C56H54N2/c1-53-31-11-13-33-55(53,3)57(41-15-7-5-8-16-41)49-29-23-39(35-47(49)53)43-25-19-37-22-28-46-44(26-20-38-21-27-45(43)51(37)52(38)46)40-24-30-50-48(36-40)54(2)32-12-14-34-56(54,4)58(50)42-17-9-6-10-18-42/h5-10,15-21,23-30,35-36,44H,11-14,22,31-34H2,1-4H3. The van der Waals surface area contributed by atoms with Crippen LogP contribution in [0.1, 0.15) is 118 Å². The second-order valence-electron chi connectivity index (χ2n) is 19.4. The molecule has 4 aliphatic carbocycles. The lowest BCUT2D eigenvalue weighted by Gasteiger charge is -2.50. The number of rotatable bonds is 4. The van der Waals surface area contributed by atoms with Crippen LogP contribution < -0.4 is 9.80 Å². The molecule has 0 amide bonds. The van der Waals surface area contributed by atoms with Crippen LogP contribution in [0.5, 0.6) is 0 Å². The van der Waals surface area contributed by atoms with E-state index in [1.807, 2.05) is 0 Å². The molecular formula is C56H54N2. The Labute approximate surface area is 344 Å². The molecule has 12 rings (SSSR count). The number of anilines is 4. The van der Waals surface area contributed by atoms with Gasteiger partial charge in [0, 0.05) is 39.5 Å². The third-order valence-electron chi connectivity index (χ3n) is 16.9. The van der Waals surface area contributed by atoms with Gasteiger partial charge in [-0.1, -0.05) is 137 Å². The van der Waals surface area contributed by atoms with Crippen molar-refractivity contribution in [2.75, 3.05) is 9.80 Å². The van der Waals surface area contributed by atoms with Crippen molar-refractivity contribution in [2.45, 2.75) is 113 Å². The summed E-state index contributed by atoms with van der Waals surface area (Å²) in [5, 5.41) is 2.86. The van der Waals surface area contributed by atoms with Crippen LogP contribution in [0.3, 0.4) is 0 Å². The smallest absolute Gasteiger partial charge is 0.0517 e. The first-order chi connectivity index (χ1) is 28.2. The van der Waals surface area contributed by atoms with Crippen molar-refractivity contribution in [3.8, 4) is 11.1 Å². The van der Waals surface area contributed by atoms with E-state index in [4.69, 9.17) is 0 Å². The molecule has 6 aromatic rings. The van der Waals surface area contributed by atoms with Gasteiger partial charge in [0.15, 0.2) is 0 Å². The summed E-state index contributed by atoms with van der Waals surface area (Å²) in [6, 6.07) is 47.0. The molecular weight excluding hydrogens is 701 g/mol. The summed E-state index contributed by atoms with van der Waals surface area (Å²) in [4.78, 5) is 5.39. The van der Waals surface area contributed by atoms with Crippen molar-refractivity contribution >= 4 is 45.2 Å². The third kappa shape index (κ3) is 4.39. The van der Waals surface area contributed by atoms with Gasteiger partial charge in [-0.25, -0.2) is 0 Å². The molecule has 2 aliphatic heterocycles. The van der Waals surface area contributed by atoms with E-state index < -0.39 is 0 Å². The Balaban J connectivity index is 0.966. The Morgan fingerprint density at radius 1 is 0.569 bits per heavy atom. The van der Waals surface area contributed by atoms with Crippen molar-refractivity contribution in [3.63, 3.8) is 0 Å². The van der Waals surface area contributed by atoms with Gasteiger partial charge in [-0.15, -0.1) is 0 Å². The summed E-state index contributed by atoms with van der Waals surface area (Å²) >= 11 is 0. The topological polar surface area (TPSA) is 6.48 Å². The fraction of sp³-hybridized carbons (Fsp3) is 0.321. The molecule has 6 aromatic carbocycles. The monoisotopic (exact) mass is 754 g/mol. The molecule has 5 unspecified atom stereocenters. The van der Waals surface area contributed by atoms with Crippen LogP contribution in [-0.2, 0) is 17.3 Å². The van der Waals surface area contributed by atoms with Gasteiger partial charge in [0.2, 0.25) is 0 Å². The molecule has 288 valence electrons. The second-order valence-corrected chi connectivity index (χ2v) is 19.4. The minimum Gasteiger partial charge on any atom is -0.334 e. The van der Waals surface area contributed by atoms with Gasteiger partial charge in [0.05, 0.1) is 11.1 Å². The zero-order valence-corrected chi connectivity index (χ0v) is 34.6. The minimum atomic E-state index is 0.0465. The zero-order chi connectivity index (χ0) is 39.0. The maximum atomic E-state index is 2.70. The Morgan fingerprint density at radius 3 is 1.83 bits per heavy atom. The lowest BCUT2D eigenvalue weighted by Crippen LogP contribution is -2.54. The number of allylic oxidation sites excluding steroid dienone is 3. The van der Waals surface area contributed by atoms with Crippen molar-refractivity contribution in [2.24, 2.45) is 0 Å². The normalized spacial score (nSPS) is 28.8. The molecule has 2 saturated carbocycles. The van der Waals surface area contributed by atoms with E-state index in [9.17, 15) is 0 Å². The lowest BCUT2D eigenvalue weighted by molar-refractivity contribution is 0.195. The van der Waals surface area contributed by atoms with Crippen LogP contribution in [0.25, 0.3) is 33.5 Å². The Morgan fingerprint density at radius 2 is 1.17 bits per heavy atom. The van der Waals surface area contributed by atoms with Crippen LogP contribution in [0.4, 0.5) is 22.7 Å². The zero-order valence-electron chi connectivity index (χ0n) is 34.6. The van der Waals surface area contributed by atoms with Gasteiger partial charge in [0.25, 0.3) is 0 Å². The van der Waals surface area contributed by atoms with Crippen molar-refractivity contribution in [1.82, 2.24) is 0 Å². The molecule has 0 radical (unpaired) electrons. The summed E-state index contributed by atoms with van der Waals surface area (Å²) in [5.74, 6) is 0.234. The van der Waals surface area contributed by atoms with Gasteiger partial charge >= 0.3 is 0 Å². The van der Waals surface area contributed by atoms with E-state index >= 15 is 0 Å². The third-order valence-corrected chi connectivity index (χ3v) is 16.9. The van der Waals surface area contributed by atoms with Gasteiger partial charge < -0.3 is 9.80 Å². The maximum Gasteiger partial charge on any atom is 0.0517 e. The highest BCUT2D eigenvalue weighted by Gasteiger charge is 2.59. The summed E-state index contributed by atoms with van der Waals surface area (Å²) < 4.78 is 0. The largest absolute Gasteiger partial charge is 0.334 e. The van der Waals surface area contributed by atoms with Gasteiger partial charge in [0.1, 0.15) is 0 Å². The van der Waals surface area contributed by atoms with E-state index in [2.05, 4.69) is 177 Å². The van der Waals surface area contributed by atoms with Gasteiger partial charge in [-0.05, 0) is 149 Å². The average molecular weight is 755 g/mol. The first-order valence-corrected chi connectivity index (χ1v) is 22.2. The van der Waals surface area contributed by atoms with E-state index in [0.29, 0.717) is 0 Å². The molecule has 6 aliphatic rings. The van der Waals surface area contributed by atoms with E-state index in [-0.39, 0.29) is 27.8 Å². The highest BCUT2D eigenvalue weighted by molar-refractivity contribution is 6.09. The highest BCUT2D eigenvalue weighted by Crippen LogP contribution is 2.63. The number of benzene rings is 6. The van der Waals surface area contributed by atoms with Crippen LogP contribution in [0, 0.1) is 0 Å². The van der Waals surface area contributed by atoms with Gasteiger partial charge in [-0.2, -0.15) is 0 Å². The highest BCUT2D eigenvalue weighted by atomic mass is 15.3. The number of nitrogens with zero attached hydrogens (tertiary/aromatic N) is 2. The van der Waals surface area contributed by atoms with E-state index in [0.717, 1.165) is 6.42 Å². The van der Waals surface area contributed by atoms with Crippen LogP contribution in [-0.4, -0.2) is 11.1 Å². The summed E-state index contributed by atoms with van der Waals surface area (Å²) in [6.45, 7) is 10.2. The molecule has 0 spiro atoms. The molecule has 2 heteroatoms. The van der Waals surface area contributed by atoms with E-state index in [1.54, 1.807) is 0 Å². The molecule has 0 bridgehead atoms. The summed E-state index contributed by atoms with van der Waals surface area (Å²) in [6.07, 6.45) is 18.5. The quantitative estimate of drug-likeness (QED) is 0.177. The lowest BCUT2D eigenvalue weighted by atomic mass is 9.61. The molecule has 0 aromatic heterocycles. The SMILES string of the molecule is CC12CCCCC1(C)N(c1ccccc1)c1ccc(-c3ccc4c5c6c(ccc35)C=CC(c3ccc5c(c3)C3(C)CCCCC3(C)N5c3ccccc3)C6=CC4)cc12. The average Bonchev–Trinajstić information content (AvgIpc) is 3.60. The Hall–Kier alpha value is -5.34. The Bertz CT molecular complexity index is 2740. The number of hydrogen-bond acceptors (Lipinski definition) is 2. The molecule has 2 fully saturated rings. The Kier molecular flexibility index (Phi) is 7.24. The first-order valence-electron chi connectivity index (χ1n) is 22.2. The molecule has 0 saturated heterocycles. The molecule has 2 heterocycles. The minimum absolute atomic E-state index is 0.0465. The predicted octanol–water partition coefficient (Wildman–Crippen LogP) is 14.7. The molecule has 58 heavy (non-hydrogen) atoms. The van der Waals surface area contributed by atoms with Gasteiger partial charge in [-0.3, -0.25) is 0 Å². The number of fused-ring (bicyclic) bond motifs is 6. The fourth-order valence-electron chi connectivity index (χ4n) is 13.4. The summed E-state index contributed by atoms with van der Waals surface area (Å²) in [7, 11) is 0. The van der Waals surface area contributed by atoms with Crippen LogP contribution in [0.15, 0.2) is 133 Å². The summed E-state index contributed by atoms with van der Waals surface area (Å²) in [5.41, 5.74) is 18.7. The second kappa shape index (κ2) is 12.1. The van der Waals surface area contributed by atoms with Crippen molar-refractivity contribution in [3.05, 3.63) is 167 Å². The van der Waals surface area contributed by atoms with Crippen molar-refractivity contribution in [1.29, 1.82) is 0 Å². The van der Waals surface area contributed by atoms with Crippen LogP contribution in [0.2, 0.25) is 0 Å². The fourth-order valence-corrected chi connectivity index (χ4v) is 13.4. The first kappa shape index (κ1) is 34.7.